The molecule has 0 amide bonds. The number of hydrogen-bond acceptors (Lipinski definition) is 4. The van der Waals surface area contributed by atoms with Gasteiger partial charge in [0, 0.05) is 33.4 Å². The monoisotopic (exact) mass is 353 g/mol. The predicted octanol–water partition coefficient (Wildman–Crippen LogP) is 5.06. The summed E-state index contributed by atoms with van der Waals surface area (Å²) in [6.45, 7) is 0. The average molecular weight is 354 g/mol. The van der Waals surface area contributed by atoms with Crippen molar-refractivity contribution in [3.05, 3.63) is 56.8 Å². The summed E-state index contributed by atoms with van der Waals surface area (Å²) in [5.74, 6) is 0.876. The van der Waals surface area contributed by atoms with Crippen molar-refractivity contribution in [2.45, 2.75) is 5.25 Å². The van der Waals surface area contributed by atoms with E-state index in [0.29, 0.717) is 15.7 Å². The van der Waals surface area contributed by atoms with Gasteiger partial charge in [-0.25, -0.2) is 4.98 Å². The first-order valence-corrected chi connectivity index (χ1v) is 8.68. The van der Waals surface area contributed by atoms with Crippen LogP contribution >= 0.6 is 46.7 Å². The highest BCUT2D eigenvalue weighted by Gasteiger charge is 2.27. The van der Waals surface area contributed by atoms with E-state index in [1.54, 1.807) is 52.9 Å². The highest BCUT2D eigenvalue weighted by Crippen LogP contribution is 2.53. The first-order chi connectivity index (χ1) is 10.2. The van der Waals surface area contributed by atoms with Gasteiger partial charge in [-0.15, -0.1) is 23.5 Å². The molecule has 0 spiro atoms. The maximum absolute atomic E-state index is 9.38. The van der Waals surface area contributed by atoms with Crippen molar-refractivity contribution in [3.63, 3.8) is 0 Å². The van der Waals surface area contributed by atoms with E-state index in [4.69, 9.17) is 23.2 Å². The van der Waals surface area contributed by atoms with Crippen LogP contribution in [0, 0.1) is 11.3 Å². The van der Waals surface area contributed by atoms with Crippen LogP contribution in [0.2, 0.25) is 10.0 Å². The van der Waals surface area contributed by atoms with E-state index in [2.05, 4.69) is 11.1 Å². The lowest BCUT2D eigenvalue weighted by molar-refractivity contribution is 1.10. The standard InChI is InChI=1S/C14H9Cl2N3S2/c15-9-1-2-10(11(16)5-9)13-7-20-14(21-13)12(6-17)19-4-3-18-8-19/h1-5,8,13H,7H2/b14-12-/t13-/m0/s1. The topological polar surface area (TPSA) is 41.6 Å². The molecule has 0 saturated carbocycles. The molecule has 1 aliphatic heterocycles. The maximum atomic E-state index is 9.38. The van der Waals surface area contributed by atoms with Gasteiger partial charge in [-0.05, 0) is 17.7 Å². The number of rotatable bonds is 2. The van der Waals surface area contributed by atoms with Crippen LogP contribution < -0.4 is 0 Å². The van der Waals surface area contributed by atoms with E-state index in [-0.39, 0.29) is 5.25 Å². The van der Waals surface area contributed by atoms with E-state index in [1.807, 2.05) is 12.1 Å². The molecule has 21 heavy (non-hydrogen) atoms. The van der Waals surface area contributed by atoms with E-state index in [1.165, 1.54) is 0 Å². The average Bonchev–Trinajstić information content (AvgIpc) is 3.12. The van der Waals surface area contributed by atoms with Crippen LogP contribution in [0.25, 0.3) is 5.70 Å². The molecular weight excluding hydrogens is 345 g/mol. The Balaban J connectivity index is 1.90. The molecule has 3 rings (SSSR count). The zero-order chi connectivity index (χ0) is 14.8. The van der Waals surface area contributed by atoms with E-state index in [0.717, 1.165) is 15.6 Å². The summed E-state index contributed by atoms with van der Waals surface area (Å²) in [4.78, 5) is 3.99. The Kier molecular flexibility index (Phi) is 4.51. The number of allylic oxidation sites excluding steroid dienone is 1. The normalized spacial score (nSPS) is 20.3. The number of benzene rings is 1. The second kappa shape index (κ2) is 6.37. The summed E-state index contributed by atoms with van der Waals surface area (Å²) in [7, 11) is 0. The predicted molar refractivity (Wildman–Crippen MR) is 90.3 cm³/mol. The molecule has 1 aliphatic rings. The van der Waals surface area contributed by atoms with Gasteiger partial charge in [0.15, 0.2) is 0 Å². The van der Waals surface area contributed by atoms with Crippen LogP contribution in [0.15, 0.2) is 41.2 Å². The second-order valence-corrected chi connectivity index (χ2v) is 7.65. The number of nitrogens with zero attached hydrogens (tertiary/aromatic N) is 3. The lowest BCUT2D eigenvalue weighted by Crippen LogP contribution is -1.93. The Morgan fingerprint density at radius 3 is 2.95 bits per heavy atom. The Morgan fingerprint density at radius 1 is 1.43 bits per heavy atom. The van der Waals surface area contributed by atoms with Crippen LogP contribution in [0.4, 0.5) is 0 Å². The van der Waals surface area contributed by atoms with Gasteiger partial charge in [0.1, 0.15) is 11.8 Å². The number of thioether (sulfide) groups is 2. The minimum atomic E-state index is 0.224. The third kappa shape index (κ3) is 3.09. The van der Waals surface area contributed by atoms with Crippen molar-refractivity contribution in [2.75, 3.05) is 5.75 Å². The lowest BCUT2D eigenvalue weighted by atomic mass is 10.2. The quantitative estimate of drug-likeness (QED) is 0.707. The zero-order valence-corrected chi connectivity index (χ0v) is 13.8. The summed E-state index contributed by atoms with van der Waals surface area (Å²) < 4.78 is 2.73. The number of aromatic nitrogens is 2. The van der Waals surface area contributed by atoms with E-state index in [9.17, 15) is 5.26 Å². The zero-order valence-electron chi connectivity index (χ0n) is 10.7. The number of halogens is 2. The lowest BCUT2D eigenvalue weighted by Gasteiger charge is -2.10. The van der Waals surface area contributed by atoms with Crippen molar-refractivity contribution in [3.8, 4) is 6.07 Å². The summed E-state index contributed by atoms with van der Waals surface area (Å²) in [6, 6.07) is 7.80. The molecule has 2 heterocycles. The first-order valence-electron chi connectivity index (χ1n) is 6.06. The Hall–Kier alpha value is -1.06. The molecule has 0 bridgehead atoms. The first kappa shape index (κ1) is 14.9. The molecule has 0 unspecified atom stereocenters. The van der Waals surface area contributed by atoms with Gasteiger partial charge in [0.25, 0.3) is 0 Å². The molecule has 0 radical (unpaired) electrons. The van der Waals surface area contributed by atoms with Gasteiger partial charge in [-0.2, -0.15) is 5.26 Å². The fourth-order valence-corrected chi connectivity index (χ4v) is 5.52. The number of nitriles is 1. The largest absolute Gasteiger partial charge is 0.296 e. The second-order valence-electron chi connectivity index (χ2n) is 4.30. The molecule has 1 aromatic heterocycles. The SMILES string of the molecule is N#C/C(=C1\SC[C@@H](c2ccc(Cl)cc2Cl)S1)n1ccnc1. The van der Waals surface area contributed by atoms with Crippen LogP contribution in [0.3, 0.4) is 0 Å². The van der Waals surface area contributed by atoms with Crippen LogP contribution in [-0.2, 0) is 0 Å². The molecule has 0 N–H and O–H groups in total. The minimum absolute atomic E-state index is 0.224. The summed E-state index contributed by atoms with van der Waals surface area (Å²) in [5.41, 5.74) is 1.66. The molecule has 1 atom stereocenters. The summed E-state index contributed by atoms with van der Waals surface area (Å²) in [5, 5.41) is 10.9. The van der Waals surface area contributed by atoms with Crippen molar-refractivity contribution in [2.24, 2.45) is 0 Å². The van der Waals surface area contributed by atoms with Gasteiger partial charge in [-0.3, -0.25) is 4.57 Å². The molecule has 2 aromatic rings. The Morgan fingerprint density at radius 2 is 2.29 bits per heavy atom. The van der Waals surface area contributed by atoms with Gasteiger partial charge in [0.05, 0.1) is 10.6 Å². The summed E-state index contributed by atoms with van der Waals surface area (Å²) in [6.07, 6.45) is 5.07. The fourth-order valence-electron chi connectivity index (χ4n) is 1.99. The molecule has 1 fully saturated rings. The van der Waals surface area contributed by atoms with E-state index < -0.39 is 0 Å². The number of imidazole rings is 1. The third-order valence-electron chi connectivity index (χ3n) is 2.99. The highest BCUT2D eigenvalue weighted by molar-refractivity contribution is 8.25. The molecular formula is C14H9Cl2N3S2. The van der Waals surface area contributed by atoms with Crippen molar-refractivity contribution < 1.29 is 0 Å². The fraction of sp³-hybridized carbons (Fsp3) is 0.143. The Labute approximate surface area is 141 Å². The molecule has 3 nitrogen and oxygen atoms in total. The van der Waals surface area contributed by atoms with Crippen LogP contribution in [0.5, 0.6) is 0 Å². The van der Waals surface area contributed by atoms with Crippen molar-refractivity contribution in [1.82, 2.24) is 9.55 Å². The Bertz CT molecular complexity index is 735. The van der Waals surface area contributed by atoms with Gasteiger partial charge < -0.3 is 0 Å². The molecule has 1 saturated heterocycles. The van der Waals surface area contributed by atoms with Crippen LogP contribution in [0.1, 0.15) is 10.8 Å². The van der Waals surface area contributed by atoms with Gasteiger partial charge in [-0.1, -0.05) is 29.3 Å². The third-order valence-corrected chi connectivity index (χ3v) is 6.47. The maximum Gasteiger partial charge on any atom is 0.145 e. The van der Waals surface area contributed by atoms with Crippen LogP contribution in [-0.4, -0.2) is 15.3 Å². The molecule has 1 aromatic carbocycles. The van der Waals surface area contributed by atoms with E-state index >= 15 is 0 Å². The smallest absolute Gasteiger partial charge is 0.145 e. The highest BCUT2D eigenvalue weighted by atomic mass is 35.5. The van der Waals surface area contributed by atoms with Crippen molar-refractivity contribution in [1.29, 1.82) is 5.26 Å². The van der Waals surface area contributed by atoms with Gasteiger partial charge >= 0.3 is 0 Å². The number of hydrogen-bond donors (Lipinski definition) is 0. The molecule has 106 valence electrons. The van der Waals surface area contributed by atoms with Crippen molar-refractivity contribution >= 4 is 52.4 Å². The molecule has 7 heteroatoms. The van der Waals surface area contributed by atoms with Gasteiger partial charge in [0.2, 0.25) is 0 Å². The minimum Gasteiger partial charge on any atom is -0.296 e. The molecule has 0 aliphatic carbocycles. The summed E-state index contributed by atoms with van der Waals surface area (Å²) >= 11 is 15.5.